The fourth-order valence-corrected chi connectivity index (χ4v) is 1.58. The normalized spacial score (nSPS) is 10.1. The average Bonchev–Trinajstić information content (AvgIpc) is 2.28. The van der Waals surface area contributed by atoms with Gasteiger partial charge < -0.3 is 4.74 Å². The van der Waals surface area contributed by atoms with Crippen LogP contribution in [0.15, 0.2) is 18.2 Å². The second-order valence-electron chi connectivity index (χ2n) is 3.71. The summed E-state index contributed by atoms with van der Waals surface area (Å²) in [4.78, 5) is 23.1. The van der Waals surface area contributed by atoms with Crippen LogP contribution in [-0.2, 0) is 4.79 Å². The molecule has 0 saturated carbocycles. The van der Waals surface area contributed by atoms with Crippen molar-refractivity contribution in [3.63, 3.8) is 0 Å². The molecule has 0 aliphatic rings. The first-order chi connectivity index (χ1) is 8.10. The lowest BCUT2D eigenvalue weighted by Gasteiger charge is -2.07. The molecule has 0 aliphatic carbocycles. The smallest absolute Gasteiger partial charge is 0.176 e. The molecule has 0 aliphatic heterocycles. The van der Waals surface area contributed by atoms with Crippen molar-refractivity contribution < 1.29 is 18.7 Å². The first kappa shape index (κ1) is 13.4. The van der Waals surface area contributed by atoms with Gasteiger partial charge in [0.25, 0.3) is 0 Å². The third kappa shape index (κ3) is 3.37. The third-order valence-electron chi connectivity index (χ3n) is 2.36. The molecule has 0 bridgehead atoms. The highest BCUT2D eigenvalue weighted by Crippen LogP contribution is 2.22. The fourth-order valence-electron chi connectivity index (χ4n) is 1.58. The maximum atomic E-state index is 13.5. The molecule has 0 atom stereocenters. The molecule has 0 saturated heterocycles. The summed E-state index contributed by atoms with van der Waals surface area (Å²) in [6.07, 6.45) is 0.744. The highest BCUT2D eigenvalue weighted by atomic mass is 19.1. The maximum Gasteiger partial charge on any atom is 0.176 e. The number of carbonyl (C=O) groups is 2. The van der Waals surface area contributed by atoms with Crippen LogP contribution in [0.1, 0.15) is 36.5 Å². The lowest BCUT2D eigenvalue weighted by molar-refractivity contribution is -0.118. The summed E-state index contributed by atoms with van der Waals surface area (Å²) >= 11 is 0. The summed E-state index contributed by atoms with van der Waals surface area (Å²) < 4.78 is 18.4. The Morgan fingerprint density at radius 1 is 1.35 bits per heavy atom. The van der Waals surface area contributed by atoms with E-state index >= 15 is 0 Å². The molecular weight excluding hydrogens is 223 g/mol. The van der Waals surface area contributed by atoms with E-state index in [0.717, 1.165) is 0 Å². The monoisotopic (exact) mass is 238 g/mol. The van der Waals surface area contributed by atoms with Gasteiger partial charge in [-0.25, -0.2) is 4.39 Å². The number of benzene rings is 1. The van der Waals surface area contributed by atoms with Gasteiger partial charge in [0.2, 0.25) is 0 Å². The van der Waals surface area contributed by atoms with Gasteiger partial charge in [-0.05, 0) is 18.6 Å². The Labute approximate surface area is 99.6 Å². The quantitative estimate of drug-likeness (QED) is 0.565. The van der Waals surface area contributed by atoms with E-state index in [0.29, 0.717) is 12.8 Å². The van der Waals surface area contributed by atoms with Crippen molar-refractivity contribution in [2.45, 2.75) is 26.2 Å². The molecule has 3 nitrogen and oxygen atoms in total. The highest BCUT2D eigenvalue weighted by molar-refractivity contribution is 6.09. The van der Waals surface area contributed by atoms with Crippen LogP contribution < -0.4 is 4.74 Å². The van der Waals surface area contributed by atoms with Gasteiger partial charge in [0, 0.05) is 6.42 Å². The van der Waals surface area contributed by atoms with Crippen molar-refractivity contribution in [2.75, 3.05) is 7.11 Å². The SMILES string of the molecule is CCCC(=O)CC(=O)c1c(F)cccc1OC. The largest absolute Gasteiger partial charge is 0.496 e. The molecule has 0 radical (unpaired) electrons. The number of ketones is 2. The van der Waals surface area contributed by atoms with Crippen molar-refractivity contribution in [3.05, 3.63) is 29.6 Å². The van der Waals surface area contributed by atoms with Crippen molar-refractivity contribution in [1.82, 2.24) is 0 Å². The molecule has 1 aromatic carbocycles. The van der Waals surface area contributed by atoms with Gasteiger partial charge >= 0.3 is 0 Å². The van der Waals surface area contributed by atoms with Gasteiger partial charge in [0.1, 0.15) is 17.3 Å². The van der Waals surface area contributed by atoms with E-state index in [9.17, 15) is 14.0 Å². The molecule has 0 spiro atoms. The molecule has 0 heterocycles. The lowest BCUT2D eigenvalue weighted by atomic mass is 10.0. The number of Topliss-reactive ketones (excluding diaryl/α,β-unsaturated/α-hetero) is 2. The summed E-state index contributed by atoms with van der Waals surface area (Å²) in [5.74, 6) is -1.20. The summed E-state index contributed by atoms with van der Waals surface area (Å²) in [6, 6.07) is 4.14. The zero-order chi connectivity index (χ0) is 12.8. The Morgan fingerprint density at radius 3 is 2.65 bits per heavy atom. The number of carbonyl (C=O) groups excluding carboxylic acids is 2. The second kappa shape index (κ2) is 6.13. The van der Waals surface area contributed by atoms with E-state index in [4.69, 9.17) is 4.74 Å². The van der Waals surface area contributed by atoms with Crippen LogP contribution in [0.2, 0.25) is 0 Å². The Morgan fingerprint density at radius 2 is 2.06 bits per heavy atom. The van der Waals surface area contributed by atoms with Crippen LogP contribution >= 0.6 is 0 Å². The number of halogens is 1. The van der Waals surface area contributed by atoms with Gasteiger partial charge in [-0.2, -0.15) is 0 Å². The average molecular weight is 238 g/mol. The molecule has 1 aromatic rings. The summed E-state index contributed by atoms with van der Waals surface area (Å²) in [7, 11) is 1.36. The Balaban J connectivity index is 2.92. The van der Waals surface area contributed by atoms with Gasteiger partial charge in [-0.15, -0.1) is 0 Å². The van der Waals surface area contributed by atoms with E-state index in [-0.39, 0.29) is 23.5 Å². The van der Waals surface area contributed by atoms with Crippen molar-refractivity contribution in [2.24, 2.45) is 0 Å². The molecule has 0 fully saturated rings. The molecule has 0 amide bonds. The standard InChI is InChI=1S/C13H15FO3/c1-3-5-9(15)8-11(16)13-10(14)6-4-7-12(13)17-2/h4,6-7H,3,5,8H2,1-2H3. The van der Waals surface area contributed by atoms with Crippen LogP contribution in [0, 0.1) is 5.82 Å². The zero-order valence-electron chi connectivity index (χ0n) is 9.96. The van der Waals surface area contributed by atoms with Crippen LogP contribution in [0.3, 0.4) is 0 Å². The van der Waals surface area contributed by atoms with Gasteiger partial charge in [-0.3, -0.25) is 9.59 Å². The minimum atomic E-state index is -0.654. The summed E-state index contributed by atoms with van der Waals surface area (Å²) in [5.41, 5.74) is -0.139. The van der Waals surface area contributed by atoms with Crippen molar-refractivity contribution in [1.29, 1.82) is 0 Å². The first-order valence-corrected chi connectivity index (χ1v) is 5.47. The van der Waals surface area contributed by atoms with Gasteiger partial charge in [0.05, 0.1) is 19.1 Å². The van der Waals surface area contributed by atoms with Crippen LogP contribution in [0.4, 0.5) is 4.39 Å². The van der Waals surface area contributed by atoms with Crippen LogP contribution in [-0.4, -0.2) is 18.7 Å². The predicted molar refractivity (Wildman–Crippen MR) is 61.8 cm³/mol. The molecule has 0 aromatic heterocycles. The molecule has 1 rings (SSSR count). The highest BCUT2D eigenvalue weighted by Gasteiger charge is 2.19. The number of hydrogen-bond acceptors (Lipinski definition) is 3. The molecule has 92 valence electrons. The second-order valence-corrected chi connectivity index (χ2v) is 3.71. The summed E-state index contributed by atoms with van der Waals surface area (Å²) in [5, 5.41) is 0. The fraction of sp³-hybridized carbons (Fsp3) is 0.385. The maximum absolute atomic E-state index is 13.5. The van der Waals surface area contributed by atoms with Crippen molar-refractivity contribution in [3.8, 4) is 5.75 Å². The minimum Gasteiger partial charge on any atom is -0.496 e. The Hall–Kier alpha value is -1.71. The lowest BCUT2D eigenvalue weighted by Crippen LogP contribution is -2.11. The Kier molecular flexibility index (Phi) is 4.82. The predicted octanol–water partition coefficient (Wildman–Crippen LogP) is 2.78. The number of rotatable bonds is 6. The molecular formula is C13H15FO3. The van der Waals surface area contributed by atoms with E-state index in [1.165, 1.54) is 25.3 Å². The zero-order valence-corrected chi connectivity index (χ0v) is 9.96. The number of methoxy groups -OCH3 is 1. The van der Waals surface area contributed by atoms with E-state index in [2.05, 4.69) is 0 Å². The first-order valence-electron chi connectivity index (χ1n) is 5.47. The molecule has 0 N–H and O–H groups in total. The van der Waals surface area contributed by atoms with Crippen molar-refractivity contribution >= 4 is 11.6 Å². The number of hydrogen-bond donors (Lipinski definition) is 0. The molecule has 17 heavy (non-hydrogen) atoms. The van der Waals surface area contributed by atoms with E-state index in [1.54, 1.807) is 0 Å². The topological polar surface area (TPSA) is 43.4 Å². The third-order valence-corrected chi connectivity index (χ3v) is 2.36. The van der Waals surface area contributed by atoms with E-state index < -0.39 is 11.6 Å². The van der Waals surface area contributed by atoms with Gasteiger partial charge in [-0.1, -0.05) is 13.0 Å². The summed E-state index contributed by atoms with van der Waals surface area (Å²) in [6.45, 7) is 1.85. The molecule has 4 heteroatoms. The Bertz CT molecular complexity index is 427. The minimum absolute atomic E-state index is 0.139. The van der Waals surface area contributed by atoms with Crippen LogP contribution in [0.5, 0.6) is 5.75 Å². The van der Waals surface area contributed by atoms with Crippen LogP contribution in [0.25, 0.3) is 0 Å². The molecule has 0 unspecified atom stereocenters. The number of ether oxygens (including phenoxy) is 1. The van der Waals surface area contributed by atoms with E-state index in [1.807, 2.05) is 6.92 Å². The van der Waals surface area contributed by atoms with Gasteiger partial charge in [0.15, 0.2) is 5.78 Å².